The molecule has 13 heavy (non-hydrogen) atoms. The maximum atomic E-state index is 10.8. The van der Waals surface area contributed by atoms with Crippen LogP contribution < -0.4 is 0 Å². The van der Waals surface area contributed by atoms with Gasteiger partial charge in [-0.2, -0.15) is 0 Å². The average molecular weight is 195 g/mol. The molecule has 1 aliphatic heterocycles. The highest BCUT2D eigenvalue weighted by atomic mass is 35.5. The Kier molecular flexibility index (Phi) is 2.07. The molecule has 0 atom stereocenters. The number of ether oxygens (including phenoxy) is 1. The van der Waals surface area contributed by atoms with Crippen LogP contribution in [-0.2, 0) is 9.53 Å². The molecule has 0 bridgehead atoms. The van der Waals surface area contributed by atoms with Crippen molar-refractivity contribution in [1.29, 1.82) is 0 Å². The van der Waals surface area contributed by atoms with E-state index >= 15 is 0 Å². The van der Waals surface area contributed by atoms with Gasteiger partial charge in [0.1, 0.15) is 5.76 Å². The summed E-state index contributed by atoms with van der Waals surface area (Å²) in [6.45, 7) is 0. The molecule has 0 N–H and O–H groups in total. The molecule has 0 aliphatic carbocycles. The number of esters is 1. The molecule has 66 valence electrons. The third-order valence-electron chi connectivity index (χ3n) is 1.81. The van der Waals surface area contributed by atoms with Gasteiger partial charge in [0.25, 0.3) is 0 Å². The first-order valence-electron chi connectivity index (χ1n) is 3.92. The zero-order valence-corrected chi connectivity index (χ0v) is 7.54. The molecule has 0 saturated carbocycles. The summed E-state index contributed by atoms with van der Waals surface area (Å²) >= 11 is 5.72. The van der Waals surface area contributed by atoms with Crippen molar-refractivity contribution < 1.29 is 9.53 Å². The molecule has 0 aromatic heterocycles. The van der Waals surface area contributed by atoms with Gasteiger partial charge < -0.3 is 4.74 Å². The van der Waals surface area contributed by atoms with E-state index in [4.69, 9.17) is 16.3 Å². The van der Waals surface area contributed by atoms with Gasteiger partial charge in [-0.05, 0) is 30.3 Å². The maximum Gasteiger partial charge on any atom is 0.315 e. The molecular weight excluding hydrogens is 188 g/mol. The number of carbonyl (C=O) groups excluding carboxylic acids is 1. The van der Waals surface area contributed by atoms with Crippen LogP contribution in [0.4, 0.5) is 0 Å². The van der Waals surface area contributed by atoms with Crippen LogP contribution in [0.3, 0.4) is 0 Å². The molecule has 1 heterocycles. The minimum Gasteiger partial charge on any atom is -0.426 e. The summed E-state index contributed by atoms with van der Waals surface area (Å²) in [5, 5.41) is 0.675. The molecule has 0 radical (unpaired) electrons. The number of benzene rings is 1. The summed E-state index contributed by atoms with van der Waals surface area (Å²) in [6.07, 6.45) is 2.13. The second kappa shape index (κ2) is 3.23. The van der Waals surface area contributed by atoms with Crippen LogP contribution in [0.25, 0.3) is 5.76 Å². The fraction of sp³-hybridized carbons (Fsp3) is 0.100. The van der Waals surface area contributed by atoms with Crippen molar-refractivity contribution in [2.45, 2.75) is 6.42 Å². The smallest absolute Gasteiger partial charge is 0.315 e. The van der Waals surface area contributed by atoms with Crippen molar-refractivity contribution in [2.75, 3.05) is 0 Å². The molecule has 0 fully saturated rings. The van der Waals surface area contributed by atoms with Gasteiger partial charge in [0.15, 0.2) is 0 Å². The van der Waals surface area contributed by atoms with Crippen molar-refractivity contribution in [1.82, 2.24) is 0 Å². The Morgan fingerprint density at radius 1 is 1.23 bits per heavy atom. The van der Waals surface area contributed by atoms with Gasteiger partial charge in [-0.25, -0.2) is 0 Å². The second-order valence-corrected chi connectivity index (χ2v) is 3.19. The lowest BCUT2D eigenvalue weighted by Gasteiger charge is -2.01. The lowest BCUT2D eigenvalue weighted by molar-refractivity contribution is -0.134. The quantitative estimate of drug-likeness (QED) is 0.643. The first kappa shape index (κ1) is 8.32. The Hall–Kier alpha value is -1.28. The number of halogens is 1. The SMILES string of the molecule is O=C1CC=C(c2ccc(Cl)cc2)O1. The highest BCUT2D eigenvalue weighted by Crippen LogP contribution is 2.23. The van der Waals surface area contributed by atoms with Crippen LogP contribution in [0.15, 0.2) is 30.3 Å². The molecule has 0 saturated heterocycles. The topological polar surface area (TPSA) is 26.3 Å². The largest absolute Gasteiger partial charge is 0.426 e. The number of rotatable bonds is 1. The minimum atomic E-state index is -0.204. The number of hydrogen-bond donors (Lipinski definition) is 0. The van der Waals surface area contributed by atoms with E-state index in [0.717, 1.165) is 5.56 Å². The summed E-state index contributed by atoms with van der Waals surface area (Å²) in [5.74, 6) is 0.423. The van der Waals surface area contributed by atoms with Crippen LogP contribution in [0.2, 0.25) is 5.02 Å². The van der Waals surface area contributed by atoms with E-state index in [1.165, 1.54) is 0 Å². The van der Waals surface area contributed by atoms with E-state index in [9.17, 15) is 4.79 Å². The molecule has 1 aromatic rings. The predicted molar refractivity (Wildman–Crippen MR) is 50.1 cm³/mol. The van der Waals surface area contributed by atoms with Crippen LogP contribution in [-0.4, -0.2) is 5.97 Å². The third-order valence-corrected chi connectivity index (χ3v) is 2.06. The lowest BCUT2D eigenvalue weighted by atomic mass is 10.2. The Morgan fingerprint density at radius 3 is 2.46 bits per heavy atom. The van der Waals surface area contributed by atoms with Crippen molar-refractivity contribution in [2.24, 2.45) is 0 Å². The van der Waals surface area contributed by atoms with Crippen molar-refractivity contribution in [3.63, 3.8) is 0 Å². The summed E-state index contributed by atoms with van der Waals surface area (Å²) < 4.78 is 4.97. The molecule has 2 rings (SSSR count). The van der Waals surface area contributed by atoms with E-state index in [-0.39, 0.29) is 5.97 Å². The van der Waals surface area contributed by atoms with E-state index in [1.54, 1.807) is 18.2 Å². The standard InChI is InChI=1S/C10H7ClO2/c11-8-3-1-7(2-4-8)9-5-6-10(12)13-9/h1-5H,6H2. The van der Waals surface area contributed by atoms with Crippen LogP contribution >= 0.6 is 11.6 Å². The Balaban J connectivity index is 2.27. The normalized spacial score (nSPS) is 15.5. The third kappa shape index (κ3) is 1.73. The number of hydrogen-bond acceptors (Lipinski definition) is 2. The fourth-order valence-electron chi connectivity index (χ4n) is 1.17. The summed E-state index contributed by atoms with van der Waals surface area (Å²) in [4.78, 5) is 10.8. The van der Waals surface area contributed by atoms with Gasteiger partial charge in [-0.3, -0.25) is 4.79 Å². The summed E-state index contributed by atoms with van der Waals surface area (Å²) in [6, 6.07) is 7.19. The van der Waals surface area contributed by atoms with E-state index in [0.29, 0.717) is 17.2 Å². The molecule has 0 spiro atoms. The Labute approximate surface area is 80.8 Å². The van der Waals surface area contributed by atoms with Crippen molar-refractivity contribution in [3.05, 3.63) is 40.9 Å². The summed E-state index contributed by atoms with van der Waals surface area (Å²) in [7, 11) is 0. The van der Waals surface area contributed by atoms with Crippen molar-refractivity contribution in [3.8, 4) is 0 Å². The fourth-order valence-corrected chi connectivity index (χ4v) is 1.30. The minimum absolute atomic E-state index is 0.204. The van der Waals surface area contributed by atoms with E-state index in [1.807, 2.05) is 12.1 Å². The first-order valence-corrected chi connectivity index (χ1v) is 4.30. The van der Waals surface area contributed by atoms with Gasteiger partial charge >= 0.3 is 5.97 Å². The zero-order valence-electron chi connectivity index (χ0n) is 6.79. The van der Waals surface area contributed by atoms with Gasteiger partial charge in [-0.15, -0.1) is 0 Å². The Bertz CT molecular complexity index is 365. The van der Waals surface area contributed by atoms with Gasteiger partial charge in [0, 0.05) is 10.6 Å². The van der Waals surface area contributed by atoms with E-state index < -0.39 is 0 Å². The molecule has 1 aromatic carbocycles. The molecule has 0 unspecified atom stereocenters. The van der Waals surface area contributed by atoms with Crippen LogP contribution in [0.1, 0.15) is 12.0 Å². The number of cyclic esters (lactones) is 1. The van der Waals surface area contributed by atoms with Crippen molar-refractivity contribution >= 4 is 23.3 Å². The second-order valence-electron chi connectivity index (χ2n) is 2.75. The van der Waals surface area contributed by atoms with Crippen LogP contribution in [0.5, 0.6) is 0 Å². The highest BCUT2D eigenvalue weighted by Gasteiger charge is 2.15. The maximum absolute atomic E-state index is 10.8. The molecule has 0 amide bonds. The molecular formula is C10H7ClO2. The first-order chi connectivity index (χ1) is 6.25. The van der Waals surface area contributed by atoms with Crippen LogP contribution in [0, 0.1) is 0 Å². The summed E-state index contributed by atoms with van der Waals surface area (Å²) in [5.41, 5.74) is 0.884. The number of carbonyl (C=O) groups is 1. The molecule has 3 heteroatoms. The Morgan fingerprint density at radius 2 is 1.92 bits per heavy atom. The van der Waals surface area contributed by atoms with Gasteiger partial charge in [-0.1, -0.05) is 11.6 Å². The molecule has 1 aliphatic rings. The molecule has 2 nitrogen and oxygen atoms in total. The lowest BCUT2D eigenvalue weighted by Crippen LogP contribution is -1.93. The average Bonchev–Trinajstić information content (AvgIpc) is 2.53. The monoisotopic (exact) mass is 194 g/mol. The predicted octanol–water partition coefficient (Wildman–Crippen LogP) is 2.63. The van der Waals surface area contributed by atoms with Gasteiger partial charge in [0.2, 0.25) is 0 Å². The van der Waals surface area contributed by atoms with Gasteiger partial charge in [0.05, 0.1) is 6.42 Å². The van der Waals surface area contributed by atoms with E-state index in [2.05, 4.69) is 0 Å². The highest BCUT2D eigenvalue weighted by molar-refractivity contribution is 6.30. The zero-order chi connectivity index (χ0) is 9.26.